The maximum atomic E-state index is 13.6. The highest BCUT2D eigenvalue weighted by atomic mass is 19.4. The topological polar surface area (TPSA) is 62.6 Å². The van der Waals surface area contributed by atoms with Crippen LogP contribution in [0.25, 0.3) is 44.8 Å². The van der Waals surface area contributed by atoms with E-state index >= 15 is 0 Å². The summed E-state index contributed by atoms with van der Waals surface area (Å²) in [7, 11) is 0. The van der Waals surface area contributed by atoms with Gasteiger partial charge in [-0.25, -0.2) is 4.98 Å². The summed E-state index contributed by atoms with van der Waals surface area (Å²) in [6, 6.07) is 15.3. The highest BCUT2D eigenvalue weighted by Crippen LogP contribution is 2.52. The Morgan fingerprint density at radius 1 is 0.795 bits per heavy atom. The second kappa shape index (κ2) is 11.7. The Balaban J connectivity index is 1.47. The lowest BCUT2D eigenvalue weighted by atomic mass is 9.81. The predicted octanol–water partition coefficient (Wildman–Crippen LogP) is 10.4. The van der Waals surface area contributed by atoms with Crippen LogP contribution in [-0.4, -0.2) is 35.5 Å². The number of hydrogen-bond acceptors (Lipinski definition) is 5. The molecular formula is C33H32F6N2O3. The summed E-state index contributed by atoms with van der Waals surface area (Å²) >= 11 is 0. The molecule has 0 aliphatic carbocycles. The fourth-order valence-electron chi connectivity index (χ4n) is 5.15. The number of hydrogen-bond donors (Lipinski definition) is 1. The SMILES string of the molecule is CCCCN(CCCC)c1ccc(-c2cc3ccc(-c4nc5cc(C(C)(C(F)(F)F)C(F)(F)F)ccc5o4)c(O)c3o2)cc1. The minimum atomic E-state index is -5.60. The molecule has 0 fully saturated rings. The van der Waals surface area contributed by atoms with Gasteiger partial charge in [0.25, 0.3) is 0 Å². The van der Waals surface area contributed by atoms with Crippen LogP contribution in [0.5, 0.6) is 5.75 Å². The highest BCUT2D eigenvalue weighted by molar-refractivity contribution is 5.93. The predicted molar refractivity (Wildman–Crippen MR) is 158 cm³/mol. The van der Waals surface area contributed by atoms with Gasteiger partial charge in [-0.2, -0.15) is 26.3 Å². The van der Waals surface area contributed by atoms with Gasteiger partial charge in [-0.15, -0.1) is 0 Å². The molecule has 0 saturated carbocycles. The zero-order valence-corrected chi connectivity index (χ0v) is 24.4. The van der Waals surface area contributed by atoms with Crippen molar-refractivity contribution in [1.29, 1.82) is 0 Å². The first-order valence-corrected chi connectivity index (χ1v) is 14.4. The number of benzene rings is 3. The number of furan rings is 1. The van der Waals surface area contributed by atoms with Crippen LogP contribution in [0.15, 0.2) is 69.5 Å². The summed E-state index contributed by atoms with van der Waals surface area (Å²) in [5, 5.41) is 11.7. The molecule has 2 heterocycles. The second-order valence-electron chi connectivity index (χ2n) is 11.1. The first kappa shape index (κ1) is 31.3. The average Bonchev–Trinajstić information content (AvgIpc) is 3.61. The minimum absolute atomic E-state index is 0.0397. The van der Waals surface area contributed by atoms with Crippen molar-refractivity contribution < 1.29 is 40.3 Å². The number of phenols is 1. The van der Waals surface area contributed by atoms with Crippen molar-refractivity contribution in [2.75, 3.05) is 18.0 Å². The van der Waals surface area contributed by atoms with E-state index < -0.39 is 23.3 Å². The van der Waals surface area contributed by atoms with Gasteiger partial charge in [0.05, 0.1) is 5.56 Å². The number of anilines is 1. The van der Waals surface area contributed by atoms with Crippen molar-refractivity contribution in [3.8, 4) is 28.5 Å². The first-order valence-electron chi connectivity index (χ1n) is 14.4. The molecule has 5 rings (SSSR count). The Morgan fingerprint density at radius 3 is 2.02 bits per heavy atom. The molecule has 0 spiro atoms. The van der Waals surface area contributed by atoms with E-state index in [-0.39, 0.29) is 40.8 Å². The van der Waals surface area contributed by atoms with Crippen LogP contribution in [0.1, 0.15) is 52.0 Å². The van der Waals surface area contributed by atoms with Crippen LogP contribution in [-0.2, 0) is 5.41 Å². The molecule has 11 heteroatoms. The van der Waals surface area contributed by atoms with E-state index in [0.717, 1.165) is 62.2 Å². The third kappa shape index (κ3) is 5.59. The van der Waals surface area contributed by atoms with E-state index in [4.69, 9.17) is 8.83 Å². The number of fused-ring (bicyclic) bond motifs is 2. The third-order valence-electron chi connectivity index (χ3n) is 8.07. The summed E-state index contributed by atoms with van der Waals surface area (Å²) in [5.74, 6) is 0.00478. The molecule has 44 heavy (non-hydrogen) atoms. The van der Waals surface area contributed by atoms with Crippen molar-refractivity contribution in [3.63, 3.8) is 0 Å². The number of aromatic nitrogens is 1. The second-order valence-corrected chi connectivity index (χ2v) is 11.1. The van der Waals surface area contributed by atoms with Crippen LogP contribution in [0.4, 0.5) is 32.0 Å². The molecule has 5 nitrogen and oxygen atoms in total. The van der Waals surface area contributed by atoms with Crippen molar-refractivity contribution >= 4 is 27.8 Å². The Morgan fingerprint density at radius 2 is 1.43 bits per heavy atom. The zero-order valence-electron chi connectivity index (χ0n) is 24.4. The Labute approximate surface area is 250 Å². The van der Waals surface area contributed by atoms with Gasteiger partial charge in [0.2, 0.25) is 5.89 Å². The van der Waals surface area contributed by atoms with Crippen molar-refractivity contribution in [2.45, 2.75) is 64.2 Å². The molecule has 0 aliphatic rings. The summed E-state index contributed by atoms with van der Waals surface area (Å²) in [5.41, 5.74) is -3.27. The molecule has 0 amide bonds. The maximum absolute atomic E-state index is 13.6. The monoisotopic (exact) mass is 618 g/mol. The summed E-state index contributed by atoms with van der Waals surface area (Å²) < 4.78 is 93.3. The quantitative estimate of drug-likeness (QED) is 0.158. The summed E-state index contributed by atoms with van der Waals surface area (Å²) in [6.45, 7) is 6.35. The van der Waals surface area contributed by atoms with E-state index in [1.165, 1.54) is 6.07 Å². The molecule has 0 aliphatic heterocycles. The van der Waals surface area contributed by atoms with Gasteiger partial charge in [0, 0.05) is 29.7 Å². The zero-order chi connectivity index (χ0) is 31.9. The van der Waals surface area contributed by atoms with Crippen LogP contribution in [0, 0.1) is 0 Å². The Kier molecular flexibility index (Phi) is 8.35. The molecule has 1 N–H and O–H groups in total. The standard InChI is InChI=1S/C33H32F6N2O3/c1-4-6-16-41(17-7-5-2)23-12-8-20(9-13-23)27-18-21-10-14-24(28(42)29(21)43-27)30-40-25-19-22(11-15-26(25)44-30)31(3,32(34,35)36)33(37,38)39/h8-15,18-19,42H,4-7,16-17H2,1-3H3. The number of oxazole rings is 1. The van der Waals surface area contributed by atoms with Gasteiger partial charge in [-0.3, -0.25) is 0 Å². The normalized spacial score (nSPS) is 12.8. The van der Waals surface area contributed by atoms with Crippen LogP contribution < -0.4 is 4.90 Å². The fourth-order valence-corrected chi connectivity index (χ4v) is 5.15. The Bertz CT molecular complexity index is 1730. The van der Waals surface area contributed by atoms with E-state index in [1.807, 2.05) is 24.3 Å². The number of unbranched alkanes of at least 4 members (excludes halogenated alkanes) is 2. The van der Waals surface area contributed by atoms with E-state index in [9.17, 15) is 31.4 Å². The molecule has 3 aromatic carbocycles. The number of alkyl halides is 6. The largest absolute Gasteiger partial charge is 0.504 e. The molecule has 0 atom stereocenters. The molecule has 234 valence electrons. The lowest BCUT2D eigenvalue weighted by Crippen LogP contribution is -2.51. The van der Waals surface area contributed by atoms with Gasteiger partial charge < -0.3 is 18.8 Å². The number of nitrogens with zero attached hydrogens (tertiary/aromatic N) is 2. The van der Waals surface area contributed by atoms with Crippen LogP contribution >= 0.6 is 0 Å². The van der Waals surface area contributed by atoms with Crippen LogP contribution in [0.3, 0.4) is 0 Å². The van der Waals surface area contributed by atoms with Gasteiger partial charge in [-0.1, -0.05) is 38.8 Å². The van der Waals surface area contributed by atoms with Crippen molar-refractivity contribution in [1.82, 2.24) is 4.98 Å². The molecule has 0 radical (unpaired) electrons. The molecular weight excluding hydrogens is 586 g/mol. The van der Waals surface area contributed by atoms with Gasteiger partial charge in [-0.05, 0) is 73.9 Å². The van der Waals surface area contributed by atoms with E-state index in [0.29, 0.717) is 17.2 Å². The number of phenolic OH excluding ortho intramolecular Hbond substituents is 1. The lowest BCUT2D eigenvalue weighted by molar-refractivity contribution is -0.297. The van der Waals surface area contributed by atoms with E-state index in [1.54, 1.807) is 12.1 Å². The molecule has 5 aromatic rings. The third-order valence-corrected chi connectivity index (χ3v) is 8.07. The number of rotatable bonds is 10. The first-order chi connectivity index (χ1) is 20.8. The summed E-state index contributed by atoms with van der Waals surface area (Å²) in [4.78, 5) is 6.48. The Hall–Kier alpha value is -4.15. The van der Waals surface area contributed by atoms with Gasteiger partial charge >= 0.3 is 12.4 Å². The maximum Gasteiger partial charge on any atom is 0.406 e. The van der Waals surface area contributed by atoms with Gasteiger partial charge in [0.1, 0.15) is 11.3 Å². The number of aromatic hydroxyl groups is 1. The van der Waals surface area contributed by atoms with E-state index in [2.05, 4.69) is 23.7 Å². The fraction of sp³-hybridized carbons (Fsp3) is 0.364. The summed E-state index contributed by atoms with van der Waals surface area (Å²) in [6.07, 6.45) is -6.81. The van der Waals surface area contributed by atoms with Gasteiger partial charge in [0.15, 0.2) is 22.3 Å². The van der Waals surface area contributed by atoms with Crippen molar-refractivity contribution in [2.24, 2.45) is 0 Å². The highest BCUT2D eigenvalue weighted by Gasteiger charge is 2.68. The minimum Gasteiger partial charge on any atom is -0.504 e. The smallest absolute Gasteiger partial charge is 0.406 e. The lowest BCUT2D eigenvalue weighted by Gasteiger charge is -2.34. The van der Waals surface area contributed by atoms with Crippen molar-refractivity contribution in [3.05, 3.63) is 66.2 Å². The van der Waals surface area contributed by atoms with Crippen LogP contribution in [0.2, 0.25) is 0 Å². The molecule has 0 bridgehead atoms. The molecule has 0 unspecified atom stereocenters. The molecule has 2 aromatic heterocycles. The number of halogens is 6. The average molecular weight is 619 g/mol. The molecule has 0 saturated heterocycles.